The van der Waals surface area contributed by atoms with Crippen molar-refractivity contribution in [1.82, 2.24) is 0 Å². The van der Waals surface area contributed by atoms with Crippen molar-refractivity contribution in [3.05, 3.63) is 126 Å². The van der Waals surface area contributed by atoms with Crippen molar-refractivity contribution in [2.45, 2.75) is 82.1 Å². The van der Waals surface area contributed by atoms with E-state index in [2.05, 4.69) is 98.2 Å². The van der Waals surface area contributed by atoms with Crippen LogP contribution in [0.2, 0.25) is 0 Å². The number of rotatable bonds is 9. The minimum Gasteiger partial charge on any atom is -0.493 e. The van der Waals surface area contributed by atoms with Crippen LogP contribution in [-0.4, -0.2) is 6.61 Å². The zero-order valence-corrected chi connectivity index (χ0v) is 28.1. The lowest BCUT2D eigenvalue weighted by Gasteiger charge is -2.15. The van der Waals surface area contributed by atoms with Crippen LogP contribution in [0.4, 0.5) is 4.39 Å². The Morgan fingerprint density at radius 3 is 1.90 bits per heavy atom. The molecule has 0 saturated heterocycles. The molecule has 0 aliphatic carbocycles. The molecule has 228 valence electrons. The first-order valence-electron chi connectivity index (χ1n) is 15.1. The molecule has 1 unspecified atom stereocenters. The Labute approximate surface area is 257 Å². The van der Waals surface area contributed by atoms with Crippen LogP contribution in [-0.2, 0) is 11.2 Å². The third-order valence-electron chi connectivity index (χ3n) is 7.10. The van der Waals surface area contributed by atoms with Gasteiger partial charge < -0.3 is 4.74 Å². The summed E-state index contributed by atoms with van der Waals surface area (Å²) in [6.07, 6.45) is 4.30. The summed E-state index contributed by atoms with van der Waals surface area (Å²) in [7, 11) is 0. The number of halogens is 1. The van der Waals surface area contributed by atoms with E-state index in [0.29, 0.717) is 23.8 Å². The number of benzene rings is 3. The average molecular weight is 571 g/mol. The molecule has 2 heteroatoms. The molecule has 42 heavy (non-hydrogen) atoms. The van der Waals surface area contributed by atoms with E-state index in [-0.39, 0.29) is 5.82 Å². The predicted octanol–water partition coefficient (Wildman–Crippen LogP) is 12.7. The Balaban J connectivity index is 0.000000766. The van der Waals surface area contributed by atoms with Gasteiger partial charge in [-0.2, -0.15) is 0 Å². The highest BCUT2D eigenvalue weighted by Crippen LogP contribution is 2.28. The standard InChI is InChI=1S/C21H25FO.C15H20.C2H6.C2H4/c1-6-14(2)13-23-17(5)20-9-7-18(11-15(20)3)19-8-10-21(22)16(4)12-19;1-6-12(5)14-9-8-13(7-2)15(10-14)11(3)4;2*1-2/h7-12,14H,5-6,13H2,1-4H3;6,8-10H,3,7H2,1-2,4-5H3;1-2H3;1-2H2/b;12-6+;;. The molecule has 0 bridgehead atoms. The lowest BCUT2D eigenvalue weighted by molar-refractivity contribution is 0.223. The van der Waals surface area contributed by atoms with E-state index in [4.69, 9.17) is 4.74 Å². The molecule has 0 N–H and O–H groups in total. The topological polar surface area (TPSA) is 9.23 Å². The number of ether oxygens (including phenoxy) is 1. The third kappa shape index (κ3) is 11.7. The number of allylic oxidation sites excluding steroid dienone is 3. The van der Waals surface area contributed by atoms with E-state index in [0.717, 1.165) is 40.7 Å². The van der Waals surface area contributed by atoms with Gasteiger partial charge >= 0.3 is 0 Å². The first-order valence-corrected chi connectivity index (χ1v) is 15.1. The molecule has 3 aromatic rings. The lowest BCUT2D eigenvalue weighted by Crippen LogP contribution is -2.04. The molecule has 0 aliphatic rings. The van der Waals surface area contributed by atoms with Crippen LogP contribution in [0.15, 0.2) is 87.0 Å². The summed E-state index contributed by atoms with van der Waals surface area (Å²) < 4.78 is 19.2. The molecule has 0 fully saturated rings. The summed E-state index contributed by atoms with van der Waals surface area (Å²) in [5.41, 5.74) is 11.3. The van der Waals surface area contributed by atoms with Crippen molar-refractivity contribution < 1.29 is 9.13 Å². The fourth-order valence-corrected chi connectivity index (χ4v) is 4.11. The van der Waals surface area contributed by atoms with Gasteiger partial charge in [-0.1, -0.05) is 102 Å². The van der Waals surface area contributed by atoms with Gasteiger partial charge in [0.2, 0.25) is 0 Å². The molecule has 3 rings (SSSR count). The minimum atomic E-state index is -0.172. The van der Waals surface area contributed by atoms with Gasteiger partial charge in [-0.25, -0.2) is 4.39 Å². The monoisotopic (exact) mass is 570 g/mol. The minimum absolute atomic E-state index is 0.172. The van der Waals surface area contributed by atoms with Gasteiger partial charge in [0, 0.05) is 5.56 Å². The smallest absolute Gasteiger partial charge is 0.126 e. The molecule has 0 amide bonds. The molecule has 0 saturated carbocycles. The normalized spacial score (nSPS) is 11.0. The first kappa shape index (κ1) is 38.4. The maximum atomic E-state index is 13.4. The highest BCUT2D eigenvalue weighted by atomic mass is 19.1. The van der Waals surface area contributed by atoms with Crippen LogP contribution in [0.25, 0.3) is 28.0 Å². The van der Waals surface area contributed by atoms with Crippen molar-refractivity contribution in [1.29, 1.82) is 0 Å². The van der Waals surface area contributed by atoms with Gasteiger partial charge in [0.25, 0.3) is 0 Å². The van der Waals surface area contributed by atoms with E-state index in [1.165, 1.54) is 28.3 Å². The van der Waals surface area contributed by atoms with Gasteiger partial charge in [-0.05, 0) is 110 Å². The van der Waals surface area contributed by atoms with Gasteiger partial charge in [0.05, 0.1) is 6.61 Å². The van der Waals surface area contributed by atoms with E-state index in [9.17, 15) is 4.39 Å². The van der Waals surface area contributed by atoms with E-state index in [1.807, 2.05) is 45.0 Å². The number of hydrogen-bond donors (Lipinski definition) is 0. The fourth-order valence-electron chi connectivity index (χ4n) is 4.11. The van der Waals surface area contributed by atoms with Crippen molar-refractivity contribution in [3.63, 3.8) is 0 Å². The molecular weight excluding hydrogens is 515 g/mol. The summed E-state index contributed by atoms with van der Waals surface area (Å²) in [4.78, 5) is 0. The Kier molecular flexibility index (Phi) is 18.5. The lowest BCUT2D eigenvalue weighted by atomic mass is 9.95. The largest absolute Gasteiger partial charge is 0.493 e. The zero-order chi connectivity index (χ0) is 32.4. The van der Waals surface area contributed by atoms with Crippen LogP contribution in [0.1, 0.15) is 95.2 Å². The van der Waals surface area contributed by atoms with Crippen LogP contribution in [0, 0.1) is 25.6 Å². The second kappa shape index (κ2) is 20.3. The summed E-state index contributed by atoms with van der Waals surface area (Å²) >= 11 is 0. The van der Waals surface area contributed by atoms with Crippen molar-refractivity contribution in [3.8, 4) is 11.1 Å². The highest BCUT2D eigenvalue weighted by molar-refractivity contribution is 5.72. The third-order valence-corrected chi connectivity index (χ3v) is 7.10. The van der Waals surface area contributed by atoms with Crippen LogP contribution in [0.5, 0.6) is 0 Å². The molecule has 1 atom stereocenters. The molecule has 3 aromatic carbocycles. The molecular formula is C40H55FO. The van der Waals surface area contributed by atoms with E-state index >= 15 is 0 Å². The predicted molar refractivity (Wildman–Crippen MR) is 188 cm³/mol. The molecule has 0 aliphatic heterocycles. The maximum Gasteiger partial charge on any atom is 0.126 e. The van der Waals surface area contributed by atoms with Crippen LogP contribution >= 0.6 is 0 Å². The Morgan fingerprint density at radius 1 is 0.857 bits per heavy atom. The molecule has 0 heterocycles. The maximum absolute atomic E-state index is 13.4. The summed E-state index contributed by atoms with van der Waals surface area (Å²) in [6.45, 7) is 35.4. The Bertz CT molecular complexity index is 1310. The quantitative estimate of drug-likeness (QED) is 0.184. The second-order valence-corrected chi connectivity index (χ2v) is 10.2. The van der Waals surface area contributed by atoms with Crippen molar-refractivity contribution in [2.24, 2.45) is 5.92 Å². The van der Waals surface area contributed by atoms with Crippen LogP contribution in [0.3, 0.4) is 0 Å². The fraction of sp³-hybridized carbons (Fsp3) is 0.350. The molecule has 1 nitrogen and oxygen atoms in total. The van der Waals surface area contributed by atoms with Crippen molar-refractivity contribution >= 4 is 16.9 Å². The summed E-state index contributed by atoms with van der Waals surface area (Å²) in [5, 5.41) is 0. The number of hydrogen-bond acceptors (Lipinski definition) is 1. The summed E-state index contributed by atoms with van der Waals surface area (Å²) in [5.74, 6) is 1.06. The average Bonchev–Trinajstić information content (AvgIpc) is 3.02. The van der Waals surface area contributed by atoms with Gasteiger partial charge in [0.15, 0.2) is 0 Å². The molecule has 0 aromatic heterocycles. The van der Waals surface area contributed by atoms with E-state index in [1.54, 1.807) is 6.92 Å². The Hall–Kier alpha value is -3.65. The Morgan fingerprint density at radius 2 is 1.43 bits per heavy atom. The SMILES string of the molecule is C=C.C=C(C)c1cc(/C(C)=C/C)ccc1CC.C=C(OCC(C)CC)c1ccc(-c2ccc(F)c(C)c2)cc1C.CC. The molecule has 0 radical (unpaired) electrons. The van der Waals surface area contributed by atoms with Crippen LogP contribution < -0.4 is 0 Å². The first-order chi connectivity index (χ1) is 20.0. The summed E-state index contributed by atoms with van der Waals surface area (Å²) in [6, 6.07) is 18.0. The molecule has 0 spiro atoms. The van der Waals surface area contributed by atoms with E-state index < -0.39 is 0 Å². The van der Waals surface area contributed by atoms with Gasteiger partial charge in [0.1, 0.15) is 11.6 Å². The second-order valence-electron chi connectivity index (χ2n) is 10.2. The van der Waals surface area contributed by atoms with Gasteiger partial charge in [-0.3, -0.25) is 0 Å². The zero-order valence-electron chi connectivity index (χ0n) is 28.1. The van der Waals surface area contributed by atoms with Gasteiger partial charge in [-0.15, -0.1) is 13.2 Å². The number of aryl methyl sites for hydroxylation is 3. The highest BCUT2D eigenvalue weighted by Gasteiger charge is 2.09. The van der Waals surface area contributed by atoms with Crippen molar-refractivity contribution in [2.75, 3.05) is 6.61 Å².